The quantitative estimate of drug-likeness (QED) is 0.370. The number of aliphatic hydroxyl groups excluding tert-OH is 1. The Kier molecular flexibility index (Phi) is 3.72. The second kappa shape index (κ2) is 4.25. The van der Waals surface area contributed by atoms with Crippen LogP contribution in [0.25, 0.3) is 0 Å². The van der Waals surface area contributed by atoms with Crippen LogP contribution in [0, 0.1) is 0 Å². The summed E-state index contributed by atoms with van der Waals surface area (Å²) in [7, 11) is 0. The van der Waals surface area contributed by atoms with Crippen LogP contribution in [-0.4, -0.2) is 17.5 Å². The van der Waals surface area contributed by atoms with Gasteiger partial charge in [-0.2, -0.15) is 0 Å². The fraction of sp³-hybridized carbons (Fsp3) is 0.500. The van der Waals surface area contributed by atoms with Crippen LogP contribution in [0.15, 0.2) is 11.3 Å². The van der Waals surface area contributed by atoms with E-state index < -0.39 is 0 Å². The van der Waals surface area contributed by atoms with Crippen molar-refractivity contribution < 1.29 is 5.11 Å². The third kappa shape index (κ3) is 3.25. The minimum absolute atomic E-state index is 0.678. The van der Waals surface area contributed by atoms with E-state index >= 15 is 0 Å². The fourth-order valence-electron chi connectivity index (χ4n) is 0.132. The van der Waals surface area contributed by atoms with Crippen LogP contribution in [0.3, 0.4) is 0 Å². The largest absolute Gasteiger partial charge is 0.506 e. The van der Waals surface area contributed by atoms with Gasteiger partial charge in [0, 0.05) is 12.4 Å². The lowest BCUT2D eigenvalue weighted by molar-refractivity contribution is 0.481. The van der Waals surface area contributed by atoms with Crippen LogP contribution in [0.1, 0.15) is 6.92 Å². The maximum atomic E-state index is 7.87. The zero-order valence-electron chi connectivity index (χ0n) is 3.68. The van der Waals surface area contributed by atoms with Crippen LogP contribution in [0.5, 0.6) is 0 Å². The lowest BCUT2D eigenvalue weighted by Crippen LogP contribution is -1.61. The zero-order valence-corrected chi connectivity index (χ0v) is 3.68. The predicted molar refractivity (Wildman–Crippen MR) is 25.2 cm³/mol. The summed E-state index contributed by atoms with van der Waals surface area (Å²) in [5.41, 5.74) is 0. The van der Waals surface area contributed by atoms with E-state index in [9.17, 15) is 0 Å². The van der Waals surface area contributed by atoms with E-state index in [1.807, 2.05) is 6.92 Å². The Morgan fingerprint density at radius 2 is 2.67 bits per heavy atom. The van der Waals surface area contributed by atoms with Crippen LogP contribution in [0.2, 0.25) is 0 Å². The molecular weight excluding hydrogens is 78.0 g/mol. The smallest absolute Gasteiger partial charge is 0.140 e. The average molecular weight is 85.1 g/mol. The summed E-state index contributed by atoms with van der Waals surface area (Å²) in [6.07, 6.45) is 0.795. The summed E-state index contributed by atoms with van der Waals surface area (Å²) in [6, 6.07) is 0. The predicted octanol–water partition coefficient (Wildman–Crippen LogP) is 0.748. The van der Waals surface area contributed by atoms with Crippen molar-refractivity contribution in [1.82, 2.24) is 0 Å². The van der Waals surface area contributed by atoms with Gasteiger partial charge < -0.3 is 5.11 Å². The van der Waals surface area contributed by atoms with E-state index in [-0.39, 0.29) is 0 Å². The first-order valence-electron chi connectivity index (χ1n) is 1.79. The summed E-state index contributed by atoms with van der Waals surface area (Å²) in [4.78, 5) is 3.53. The Balaban J connectivity index is 3.18. The number of hydrogen-bond donors (Lipinski definition) is 1. The van der Waals surface area contributed by atoms with Crippen molar-refractivity contribution in [2.75, 3.05) is 6.54 Å². The highest BCUT2D eigenvalue weighted by Gasteiger charge is 1.52. The van der Waals surface area contributed by atoms with E-state index in [2.05, 4.69) is 10.9 Å². The Morgan fingerprint density at radius 1 is 2.00 bits per heavy atom. The first-order valence-corrected chi connectivity index (χ1v) is 1.79. The molecule has 0 amide bonds. The van der Waals surface area contributed by atoms with Gasteiger partial charge in [0.15, 0.2) is 0 Å². The molecule has 6 heavy (non-hydrogen) atoms. The SMILES string of the molecule is CCN=C=CO. The third-order valence-electron chi connectivity index (χ3n) is 0.307. The number of hydrogen-bond acceptors (Lipinski definition) is 2. The first-order chi connectivity index (χ1) is 2.91. The molecule has 0 radical (unpaired) electrons. The van der Waals surface area contributed by atoms with Crippen molar-refractivity contribution in [3.63, 3.8) is 0 Å². The maximum Gasteiger partial charge on any atom is 0.140 e. The van der Waals surface area contributed by atoms with Crippen LogP contribution in [-0.2, 0) is 0 Å². The molecule has 0 saturated carbocycles. The molecule has 0 aromatic rings. The molecule has 0 spiro atoms. The third-order valence-corrected chi connectivity index (χ3v) is 0.307. The van der Waals surface area contributed by atoms with Gasteiger partial charge in [0.25, 0.3) is 0 Å². The molecule has 2 heteroatoms. The molecule has 0 aromatic heterocycles. The van der Waals surface area contributed by atoms with Gasteiger partial charge in [0.1, 0.15) is 6.26 Å². The van der Waals surface area contributed by atoms with E-state index in [1.54, 1.807) is 0 Å². The van der Waals surface area contributed by atoms with Gasteiger partial charge >= 0.3 is 0 Å². The van der Waals surface area contributed by atoms with Crippen molar-refractivity contribution >= 4 is 5.87 Å². The zero-order chi connectivity index (χ0) is 4.83. The van der Waals surface area contributed by atoms with Crippen molar-refractivity contribution in [2.24, 2.45) is 4.99 Å². The summed E-state index contributed by atoms with van der Waals surface area (Å²) in [6.45, 7) is 2.55. The second-order valence-electron chi connectivity index (χ2n) is 0.733. The summed E-state index contributed by atoms with van der Waals surface area (Å²) >= 11 is 0. The molecule has 0 bridgehead atoms. The molecule has 0 aliphatic carbocycles. The molecule has 34 valence electrons. The number of nitrogens with zero attached hydrogens (tertiary/aromatic N) is 1. The summed E-state index contributed by atoms with van der Waals surface area (Å²) in [5, 5.41) is 7.87. The molecule has 0 aromatic carbocycles. The lowest BCUT2D eigenvalue weighted by atomic mass is 10.8. The molecule has 0 rings (SSSR count). The van der Waals surface area contributed by atoms with E-state index in [4.69, 9.17) is 5.11 Å². The van der Waals surface area contributed by atoms with Crippen LogP contribution in [0.4, 0.5) is 0 Å². The topological polar surface area (TPSA) is 32.6 Å². The lowest BCUT2D eigenvalue weighted by Gasteiger charge is -1.64. The van der Waals surface area contributed by atoms with Gasteiger partial charge in [0.05, 0.1) is 0 Å². The molecule has 0 aliphatic rings. The molecule has 0 heterocycles. The van der Waals surface area contributed by atoms with Gasteiger partial charge in [-0.25, -0.2) is 4.99 Å². The fourth-order valence-corrected chi connectivity index (χ4v) is 0.132. The van der Waals surface area contributed by atoms with Crippen molar-refractivity contribution in [2.45, 2.75) is 6.92 Å². The molecule has 0 aliphatic heterocycles. The highest BCUT2D eigenvalue weighted by Crippen LogP contribution is 1.55. The van der Waals surface area contributed by atoms with Crippen LogP contribution < -0.4 is 0 Å². The monoisotopic (exact) mass is 85.1 g/mol. The Labute approximate surface area is 36.8 Å². The first kappa shape index (κ1) is 5.25. The van der Waals surface area contributed by atoms with E-state index in [1.165, 1.54) is 0 Å². The van der Waals surface area contributed by atoms with Gasteiger partial charge in [-0.1, -0.05) is 0 Å². The van der Waals surface area contributed by atoms with Gasteiger partial charge in [-0.15, -0.1) is 0 Å². The summed E-state index contributed by atoms with van der Waals surface area (Å²) < 4.78 is 0. The van der Waals surface area contributed by atoms with E-state index in [0.717, 1.165) is 6.26 Å². The van der Waals surface area contributed by atoms with Gasteiger partial charge in [-0.05, 0) is 6.92 Å². The minimum atomic E-state index is 0.678. The molecule has 0 unspecified atom stereocenters. The maximum absolute atomic E-state index is 7.87. The molecule has 0 saturated heterocycles. The normalized spacial score (nSPS) is 6.17. The van der Waals surface area contributed by atoms with Crippen LogP contribution >= 0.6 is 0 Å². The average Bonchev–Trinajstić information content (AvgIpc) is 1.61. The number of aliphatic imine (C=N–C) groups is 1. The molecule has 0 atom stereocenters. The van der Waals surface area contributed by atoms with Crippen molar-refractivity contribution in [3.05, 3.63) is 6.26 Å². The Bertz CT molecular complexity index is 71.6. The van der Waals surface area contributed by atoms with Crippen molar-refractivity contribution in [3.8, 4) is 0 Å². The number of rotatable bonds is 1. The highest BCUT2D eigenvalue weighted by atomic mass is 16.2. The Hall–Kier alpha value is -0.750. The van der Waals surface area contributed by atoms with Gasteiger partial charge in [0.2, 0.25) is 0 Å². The highest BCUT2D eigenvalue weighted by molar-refractivity contribution is 5.48. The number of aliphatic hydroxyl groups is 1. The molecule has 0 fully saturated rings. The van der Waals surface area contributed by atoms with E-state index in [0.29, 0.717) is 6.54 Å². The standard InChI is InChI=1S/C4H7NO/c1-2-5-3-4-6/h4,6H,2H2,1H3. The second-order valence-corrected chi connectivity index (χ2v) is 0.733. The molecule has 2 nitrogen and oxygen atoms in total. The van der Waals surface area contributed by atoms with Gasteiger partial charge in [-0.3, -0.25) is 0 Å². The molecular formula is C4H7NO. The minimum Gasteiger partial charge on any atom is -0.506 e. The summed E-state index contributed by atoms with van der Waals surface area (Å²) in [5.74, 6) is 2.25. The Morgan fingerprint density at radius 3 is 2.83 bits per heavy atom. The molecule has 1 N–H and O–H groups in total. The van der Waals surface area contributed by atoms with Crippen molar-refractivity contribution in [1.29, 1.82) is 0 Å².